The molecule has 0 radical (unpaired) electrons. The first-order valence-corrected chi connectivity index (χ1v) is 13.3. The number of benzene rings is 1. The molecule has 19 heteroatoms. The van der Waals surface area contributed by atoms with Gasteiger partial charge >= 0.3 is 5.97 Å². The van der Waals surface area contributed by atoms with Gasteiger partial charge in [0.15, 0.2) is 0 Å². The van der Waals surface area contributed by atoms with Gasteiger partial charge in [0.25, 0.3) is 11.5 Å². The maximum absolute atomic E-state index is 12.4. The number of carbonyl (C=O) groups is 3. The monoisotopic (exact) mass is 633 g/mol. The number of nitro benzene ring substituents is 1. The molecule has 11 atom stereocenters. The van der Waals surface area contributed by atoms with Crippen molar-refractivity contribution in [2.75, 3.05) is 13.2 Å². The lowest BCUT2D eigenvalue weighted by atomic mass is 9.88. The van der Waals surface area contributed by atoms with E-state index in [1.54, 1.807) is 0 Å². The van der Waals surface area contributed by atoms with E-state index in [9.17, 15) is 60.2 Å². The molecule has 0 aliphatic carbocycles. The molecule has 2 fully saturated rings. The Hall–Kier alpha value is -3.53. The van der Waals surface area contributed by atoms with Crippen molar-refractivity contribution < 1.29 is 74.0 Å². The molecule has 0 spiro atoms. The maximum Gasteiger partial charge on any atom is 0.364 e. The lowest BCUT2D eigenvalue weighted by Gasteiger charge is -2.47. The van der Waals surface area contributed by atoms with Gasteiger partial charge in [-0.15, -0.1) is 0 Å². The van der Waals surface area contributed by atoms with Gasteiger partial charge < -0.3 is 65.3 Å². The zero-order valence-corrected chi connectivity index (χ0v) is 23.5. The number of carboxylic acid groups (broad SMARTS) is 1. The number of nitro groups is 1. The standard InChI is InChI=1S/C25H35N3O16/c1-10(30)26-17-14(32)7-25(24(37)38,44-22(17)19(34)15(33)8-29)41-9-16-20(35)21(36)18(27-11(2)31)23(43-16)42-13-5-3-12(4-6-13)28(39)40/h3-6,14-23,29,32-36H,7-9H2,1-2H3,(H,26,30)(H,27,31)(H,37,38)/t14-,15+,16+,17+,18+,19+,20-,21+,22+,23-,25+/m0/s1. The minimum Gasteiger partial charge on any atom is -0.477 e. The highest BCUT2D eigenvalue weighted by Gasteiger charge is 2.57. The minimum absolute atomic E-state index is 0.00300. The predicted molar refractivity (Wildman–Crippen MR) is 141 cm³/mol. The van der Waals surface area contributed by atoms with E-state index in [2.05, 4.69) is 10.6 Å². The van der Waals surface area contributed by atoms with Gasteiger partial charge in [-0.3, -0.25) is 19.7 Å². The Kier molecular flexibility index (Phi) is 11.5. The average Bonchev–Trinajstić information content (AvgIpc) is 2.96. The summed E-state index contributed by atoms with van der Waals surface area (Å²) in [7, 11) is 0. The number of carboxylic acids is 1. The first-order chi connectivity index (χ1) is 20.6. The highest BCUT2D eigenvalue weighted by atomic mass is 16.7. The van der Waals surface area contributed by atoms with E-state index in [0.29, 0.717) is 0 Å². The van der Waals surface area contributed by atoms with Gasteiger partial charge in [-0.1, -0.05) is 0 Å². The summed E-state index contributed by atoms with van der Waals surface area (Å²) in [5, 5.41) is 87.8. The third-order valence-electron chi connectivity index (χ3n) is 7.04. The number of amides is 2. The number of ether oxygens (including phenoxy) is 4. The molecule has 0 bridgehead atoms. The van der Waals surface area contributed by atoms with Crippen molar-refractivity contribution in [1.82, 2.24) is 10.6 Å². The summed E-state index contributed by atoms with van der Waals surface area (Å²) in [6.07, 6.45) is -15.0. The highest BCUT2D eigenvalue weighted by Crippen LogP contribution is 2.35. The van der Waals surface area contributed by atoms with Gasteiger partial charge in [-0.05, 0) is 12.1 Å². The number of hydrogen-bond acceptors (Lipinski definition) is 15. The summed E-state index contributed by atoms with van der Waals surface area (Å²) in [5.41, 5.74) is -0.258. The van der Waals surface area contributed by atoms with E-state index in [1.165, 1.54) is 12.1 Å². The van der Waals surface area contributed by atoms with Crippen molar-refractivity contribution in [3.8, 4) is 5.75 Å². The Morgan fingerprint density at radius 1 is 1.07 bits per heavy atom. The van der Waals surface area contributed by atoms with Crippen LogP contribution < -0.4 is 15.4 Å². The molecule has 9 N–H and O–H groups in total. The summed E-state index contributed by atoms with van der Waals surface area (Å²) in [4.78, 5) is 46.2. The van der Waals surface area contributed by atoms with Crippen LogP contribution >= 0.6 is 0 Å². The minimum atomic E-state index is -2.77. The zero-order chi connectivity index (χ0) is 32.9. The smallest absolute Gasteiger partial charge is 0.364 e. The quantitative estimate of drug-likeness (QED) is 0.0784. The molecule has 3 rings (SSSR count). The lowest BCUT2D eigenvalue weighted by molar-refractivity contribution is -0.384. The summed E-state index contributed by atoms with van der Waals surface area (Å²) in [6, 6.07) is 1.83. The second-order valence-electron chi connectivity index (χ2n) is 10.3. The Balaban J connectivity index is 1.86. The molecule has 1 aromatic rings. The molecule has 2 amide bonds. The van der Waals surface area contributed by atoms with Gasteiger partial charge in [-0.25, -0.2) is 4.79 Å². The normalized spacial score (nSPS) is 33.5. The van der Waals surface area contributed by atoms with Crippen LogP contribution in [0.3, 0.4) is 0 Å². The molecule has 19 nitrogen and oxygen atoms in total. The third-order valence-corrected chi connectivity index (χ3v) is 7.04. The second kappa shape index (κ2) is 14.5. The van der Waals surface area contributed by atoms with Gasteiger partial charge in [0, 0.05) is 32.4 Å². The van der Waals surface area contributed by atoms with E-state index in [4.69, 9.17) is 18.9 Å². The molecular weight excluding hydrogens is 598 g/mol. The number of aliphatic hydroxyl groups is 6. The lowest BCUT2D eigenvalue weighted by Crippen LogP contribution is -2.69. The molecular formula is C25H35N3O16. The number of aliphatic hydroxyl groups excluding tert-OH is 6. The molecule has 1 aromatic carbocycles. The number of nitrogens with zero attached hydrogens (tertiary/aromatic N) is 1. The van der Waals surface area contributed by atoms with Crippen LogP contribution in [0, 0.1) is 10.1 Å². The highest BCUT2D eigenvalue weighted by molar-refractivity contribution is 5.76. The summed E-state index contributed by atoms with van der Waals surface area (Å²) >= 11 is 0. The fourth-order valence-electron chi connectivity index (χ4n) is 4.83. The Bertz CT molecular complexity index is 1190. The molecule has 2 aliphatic heterocycles. The van der Waals surface area contributed by atoms with E-state index >= 15 is 0 Å². The SMILES string of the molecule is CC(=O)N[C@H]1[C@@H](Oc2ccc([N+](=O)[O-])cc2)O[C@H](CO[C@]2(C(=O)O)C[C@H](O)[C@@H](NC(C)=O)[C@H]([C@H](O)[C@H](O)CO)O2)[C@H](O)[C@@H]1O. The van der Waals surface area contributed by atoms with E-state index < -0.39 is 109 Å². The number of nitrogens with one attached hydrogen (secondary N) is 2. The van der Waals surface area contributed by atoms with Crippen LogP contribution in [0.1, 0.15) is 20.3 Å². The molecule has 0 unspecified atom stereocenters. The van der Waals surface area contributed by atoms with Crippen LogP contribution in [0.5, 0.6) is 5.75 Å². The van der Waals surface area contributed by atoms with E-state index in [-0.39, 0.29) is 11.4 Å². The molecule has 0 saturated carbocycles. The van der Waals surface area contributed by atoms with Crippen LogP contribution in [0.2, 0.25) is 0 Å². The summed E-state index contributed by atoms with van der Waals surface area (Å²) < 4.78 is 22.4. The topological polar surface area (TPSA) is 297 Å². The van der Waals surface area contributed by atoms with Crippen LogP contribution in [-0.2, 0) is 28.6 Å². The van der Waals surface area contributed by atoms with E-state index in [1.807, 2.05) is 0 Å². The summed E-state index contributed by atoms with van der Waals surface area (Å²) in [6.45, 7) is 0.341. The molecule has 2 saturated heterocycles. The third kappa shape index (κ3) is 7.94. The predicted octanol–water partition coefficient (Wildman–Crippen LogP) is -3.91. The Morgan fingerprint density at radius 2 is 1.66 bits per heavy atom. The van der Waals surface area contributed by atoms with Crippen molar-refractivity contribution >= 4 is 23.5 Å². The molecule has 0 aromatic heterocycles. The first kappa shape index (κ1) is 35.0. The molecule has 44 heavy (non-hydrogen) atoms. The van der Waals surface area contributed by atoms with Crippen molar-refractivity contribution in [2.24, 2.45) is 0 Å². The van der Waals surface area contributed by atoms with Crippen LogP contribution in [0.25, 0.3) is 0 Å². The molecule has 2 heterocycles. The average molecular weight is 634 g/mol. The fraction of sp³-hybridized carbons (Fsp3) is 0.640. The Morgan fingerprint density at radius 3 is 2.18 bits per heavy atom. The van der Waals surface area contributed by atoms with Crippen LogP contribution in [0.15, 0.2) is 24.3 Å². The molecule has 2 aliphatic rings. The summed E-state index contributed by atoms with van der Waals surface area (Å²) in [5.74, 6) is -5.93. The van der Waals surface area contributed by atoms with Crippen LogP contribution in [0.4, 0.5) is 5.69 Å². The van der Waals surface area contributed by atoms with Crippen molar-refractivity contribution in [3.63, 3.8) is 0 Å². The van der Waals surface area contributed by atoms with Crippen molar-refractivity contribution in [1.29, 1.82) is 0 Å². The van der Waals surface area contributed by atoms with Gasteiger partial charge in [-0.2, -0.15) is 0 Å². The van der Waals surface area contributed by atoms with Crippen molar-refractivity contribution in [3.05, 3.63) is 34.4 Å². The number of non-ortho nitro benzene ring substituents is 1. The van der Waals surface area contributed by atoms with Gasteiger partial charge in [0.05, 0.1) is 30.3 Å². The largest absolute Gasteiger partial charge is 0.477 e. The first-order valence-electron chi connectivity index (χ1n) is 13.3. The second-order valence-corrected chi connectivity index (χ2v) is 10.3. The van der Waals surface area contributed by atoms with Crippen molar-refractivity contribution in [2.45, 2.75) is 87.2 Å². The van der Waals surface area contributed by atoms with Crippen LogP contribution in [-0.4, -0.2) is 139 Å². The number of carbonyl (C=O) groups excluding carboxylic acids is 2. The number of hydrogen-bond donors (Lipinski definition) is 9. The Labute approximate surface area is 249 Å². The number of rotatable bonds is 12. The fourth-order valence-corrected chi connectivity index (χ4v) is 4.83. The van der Waals surface area contributed by atoms with E-state index in [0.717, 1.165) is 26.0 Å². The van der Waals surface area contributed by atoms with Gasteiger partial charge in [0.1, 0.15) is 48.4 Å². The maximum atomic E-state index is 12.4. The number of aliphatic carboxylic acids is 1. The molecule has 246 valence electrons. The zero-order valence-electron chi connectivity index (χ0n) is 23.5. The van der Waals surface area contributed by atoms with Gasteiger partial charge in [0.2, 0.25) is 18.1 Å².